The van der Waals surface area contributed by atoms with Gasteiger partial charge in [-0.1, -0.05) is 30.3 Å². The van der Waals surface area contributed by atoms with Crippen molar-refractivity contribution in [1.82, 2.24) is 14.1 Å². The second kappa shape index (κ2) is 7.34. The lowest BCUT2D eigenvalue weighted by molar-refractivity contribution is -0.134. The van der Waals surface area contributed by atoms with E-state index in [0.29, 0.717) is 31.1 Å². The molecule has 6 nitrogen and oxygen atoms in total. The molecule has 3 rings (SSSR count). The van der Waals surface area contributed by atoms with Crippen LogP contribution in [0.2, 0.25) is 0 Å². The highest BCUT2D eigenvalue weighted by molar-refractivity contribution is 7.89. The molecule has 1 saturated heterocycles. The van der Waals surface area contributed by atoms with E-state index in [0.717, 1.165) is 10.8 Å². The third-order valence-corrected chi connectivity index (χ3v) is 6.87. The summed E-state index contributed by atoms with van der Waals surface area (Å²) in [7, 11) is -0.0571. The van der Waals surface area contributed by atoms with E-state index >= 15 is 0 Å². The van der Waals surface area contributed by atoms with Crippen molar-refractivity contribution < 1.29 is 13.2 Å². The summed E-state index contributed by atoms with van der Waals surface area (Å²) in [6.45, 7) is 3.75. The molecule has 140 valence electrons. The Morgan fingerprint density at radius 1 is 1.00 bits per heavy atom. The Bertz CT molecular complexity index is 903. The molecule has 2 aromatic carbocycles. The quantitative estimate of drug-likeness (QED) is 0.815. The number of amides is 1. The first-order valence-corrected chi connectivity index (χ1v) is 10.2. The second-order valence-electron chi connectivity index (χ2n) is 6.86. The third-order valence-electron chi connectivity index (χ3n) is 4.98. The maximum Gasteiger partial charge on any atom is 0.243 e. The van der Waals surface area contributed by atoms with Crippen molar-refractivity contribution in [3.05, 3.63) is 42.5 Å². The van der Waals surface area contributed by atoms with Crippen molar-refractivity contribution in [2.24, 2.45) is 0 Å². The molecule has 1 aliphatic heterocycles. The summed E-state index contributed by atoms with van der Waals surface area (Å²) in [6, 6.07) is 12.7. The minimum absolute atomic E-state index is 0.0378. The maximum absolute atomic E-state index is 13.0. The van der Waals surface area contributed by atoms with Crippen LogP contribution in [0.15, 0.2) is 47.4 Å². The van der Waals surface area contributed by atoms with Crippen LogP contribution < -0.4 is 0 Å². The Morgan fingerprint density at radius 3 is 2.23 bits per heavy atom. The smallest absolute Gasteiger partial charge is 0.243 e. The minimum Gasteiger partial charge on any atom is -0.347 e. The SMILES string of the molecule is C[C@H](C(=O)N(C)C)N1CCN(S(=O)(=O)c2ccc3ccccc3c2)CC1. The highest BCUT2D eigenvalue weighted by atomic mass is 32.2. The number of rotatable bonds is 4. The van der Waals surface area contributed by atoms with Crippen molar-refractivity contribution >= 4 is 26.7 Å². The van der Waals surface area contributed by atoms with E-state index in [-0.39, 0.29) is 11.9 Å². The van der Waals surface area contributed by atoms with Gasteiger partial charge in [0.1, 0.15) is 0 Å². The van der Waals surface area contributed by atoms with Crippen LogP contribution >= 0.6 is 0 Å². The maximum atomic E-state index is 13.0. The molecule has 0 spiro atoms. The summed E-state index contributed by atoms with van der Waals surface area (Å²) >= 11 is 0. The second-order valence-corrected chi connectivity index (χ2v) is 8.80. The molecular formula is C19H25N3O3S. The van der Waals surface area contributed by atoms with E-state index in [1.165, 1.54) is 4.31 Å². The van der Waals surface area contributed by atoms with Crippen LogP contribution in [0.5, 0.6) is 0 Å². The van der Waals surface area contributed by atoms with Gasteiger partial charge in [0.25, 0.3) is 0 Å². The summed E-state index contributed by atoms with van der Waals surface area (Å²) in [4.78, 5) is 16.0. The number of nitrogens with zero attached hydrogens (tertiary/aromatic N) is 3. The summed E-state index contributed by atoms with van der Waals surface area (Å²) in [5.74, 6) is 0.0378. The summed E-state index contributed by atoms with van der Waals surface area (Å²) in [5, 5.41) is 1.93. The van der Waals surface area contributed by atoms with E-state index in [4.69, 9.17) is 0 Å². The highest BCUT2D eigenvalue weighted by Crippen LogP contribution is 2.23. The van der Waals surface area contributed by atoms with Crippen molar-refractivity contribution in [3.8, 4) is 0 Å². The first-order chi connectivity index (χ1) is 12.3. The molecule has 0 saturated carbocycles. The van der Waals surface area contributed by atoms with Crippen LogP contribution in [0.1, 0.15) is 6.92 Å². The van der Waals surface area contributed by atoms with Gasteiger partial charge in [-0.2, -0.15) is 4.31 Å². The first-order valence-electron chi connectivity index (χ1n) is 8.75. The Kier molecular flexibility index (Phi) is 5.32. The van der Waals surface area contributed by atoms with Crippen LogP contribution in [0, 0.1) is 0 Å². The topological polar surface area (TPSA) is 60.9 Å². The fourth-order valence-corrected chi connectivity index (χ4v) is 4.80. The number of benzene rings is 2. The largest absolute Gasteiger partial charge is 0.347 e. The molecule has 1 heterocycles. The fourth-order valence-electron chi connectivity index (χ4n) is 3.34. The lowest BCUT2D eigenvalue weighted by atomic mass is 10.1. The number of fused-ring (bicyclic) bond motifs is 1. The molecule has 0 unspecified atom stereocenters. The number of sulfonamides is 1. The van der Waals surface area contributed by atoms with Crippen LogP contribution in [0.4, 0.5) is 0 Å². The molecule has 1 amide bonds. The molecule has 0 aromatic heterocycles. The predicted octanol–water partition coefficient (Wildman–Crippen LogP) is 1.62. The van der Waals surface area contributed by atoms with Crippen LogP contribution in [0.3, 0.4) is 0 Å². The van der Waals surface area contributed by atoms with Crippen molar-refractivity contribution in [2.75, 3.05) is 40.3 Å². The van der Waals surface area contributed by atoms with Crippen molar-refractivity contribution in [3.63, 3.8) is 0 Å². The highest BCUT2D eigenvalue weighted by Gasteiger charge is 2.32. The molecule has 2 aromatic rings. The van der Waals surface area contributed by atoms with Crippen molar-refractivity contribution in [2.45, 2.75) is 17.9 Å². The lowest BCUT2D eigenvalue weighted by Gasteiger charge is -2.37. The minimum atomic E-state index is -3.53. The zero-order valence-electron chi connectivity index (χ0n) is 15.4. The van der Waals surface area contributed by atoms with Gasteiger partial charge in [0.15, 0.2) is 0 Å². The Balaban J connectivity index is 1.74. The number of carbonyl (C=O) groups excluding carboxylic acids is 1. The number of likely N-dealkylation sites (N-methyl/N-ethyl adjacent to an activating group) is 1. The van der Waals surface area contributed by atoms with Crippen molar-refractivity contribution in [1.29, 1.82) is 0 Å². The molecule has 1 atom stereocenters. The average molecular weight is 375 g/mol. The molecule has 0 bridgehead atoms. The molecule has 7 heteroatoms. The molecule has 0 radical (unpaired) electrons. The van der Waals surface area contributed by atoms with Gasteiger partial charge in [-0.3, -0.25) is 9.69 Å². The molecular weight excluding hydrogens is 350 g/mol. The van der Waals surface area contributed by atoms with Crippen LogP contribution in [-0.2, 0) is 14.8 Å². The van der Waals surface area contributed by atoms with Gasteiger partial charge in [-0.15, -0.1) is 0 Å². The summed E-state index contributed by atoms with van der Waals surface area (Å²) in [6.07, 6.45) is 0. The molecule has 26 heavy (non-hydrogen) atoms. The summed E-state index contributed by atoms with van der Waals surface area (Å²) in [5.41, 5.74) is 0. The van der Waals surface area contributed by atoms with Gasteiger partial charge in [0, 0.05) is 40.3 Å². The number of carbonyl (C=O) groups is 1. The van der Waals surface area contributed by atoms with Crippen LogP contribution in [-0.4, -0.2) is 74.7 Å². The van der Waals surface area contributed by atoms with E-state index in [9.17, 15) is 13.2 Å². The zero-order valence-corrected chi connectivity index (χ0v) is 16.2. The number of hydrogen-bond acceptors (Lipinski definition) is 4. The zero-order chi connectivity index (χ0) is 18.9. The predicted molar refractivity (Wildman–Crippen MR) is 102 cm³/mol. The normalized spacial score (nSPS) is 18.0. The van der Waals surface area contributed by atoms with E-state index in [1.54, 1.807) is 31.1 Å². The monoisotopic (exact) mass is 375 g/mol. The molecule has 0 aliphatic carbocycles. The van der Waals surface area contributed by atoms with Gasteiger partial charge in [-0.05, 0) is 29.8 Å². The summed E-state index contributed by atoms with van der Waals surface area (Å²) < 4.78 is 27.5. The standard InChI is InChI=1S/C19H25N3O3S/c1-15(19(23)20(2)3)21-10-12-22(13-11-21)26(24,25)18-9-8-16-6-4-5-7-17(16)14-18/h4-9,14-15H,10-13H2,1-3H3/t15-/m1/s1. The molecule has 0 N–H and O–H groups in total. The van der Waals surface area contributed by atoms with E-state index < -0.39 is 10.0 Å². The average Bonchev–Trinajstić information content (AvgIpc) is 2.66. The van der Waals surface area contributed by atoms with E-state index in [1.807, 2.05) is 42.2 Å². The van der Waals surface area contributed by atoms with Gasteiger partial charge in [-0.25, -0.2) is 8.42 Å². The Morgan fingerprint density at radius 2 is 1.62 bits per heavy atom. The number of piperazine rings is 1. The Labute approximate surface area is 155 Å². The van der Waals surface area contributed by atoms with Crippen LogP contribution in [0.25, 0.3) is 10.8 Å². The molecule has 1 fully saturated rings. The van der Waals surface area contributed by atoms with Gasteiger partial charge in [0.2, 0.25) is 15.9 Å². The van der Waals surface area contributed by atoms with Gasteiger partial charge >= 0.3 is 0 Å². The van der Waals surface area contributed by atoms with Gasteiger partial charge < -0.3 is 4.90 Å². The Hall–Kier alpha value is -1.96. The lowest BCUT2D eigenvalue weighted by Crippen LogP contribution is -2.54. The number of hydrogen-bond donors (Lipinski definition) is 0. The van der Waals surface area contributed by atoms with Gasteiger partial charge in [0.05, 0.1) is 10.9 Å². The van der Waals surface area contributed by atoms with E-state index in [2.05, 4.69) is 0 Å². The third kappa shape index (κ3) is 3.60. The fraction of sp³-hybridized carbons (Fsp3) is 0.421. The molecule has 1 aliphatic rings. The first kappa shape index (κ1) is 18.8.